The lowest BCUT2D eigenvalue weighted by atomic mass is 9.99. The van der Waals surface area contributed by atoms with Crippen LogP contribution in [0.3, 0.4) is 0 Å². The summed E-state index contributed by atoms with van der Waals surface area (Å²) >= 11 is 0. The summed E-state index contributed by atoms with van der Waals surface area (Å²) in [5.41, 5.74) is 5.37. The maximum absolute atomic E-state index is 13.4. The number of amides is 1. The summed E-state index contributed by atoms with van der Waals surface area (Å²) in [6, 6.07) is 12.0. The van der Waals surface area contributed by atoms with Gasteiger partial charge in [0.15, 0.2) is 5.65 Å². The second-order valence-electron chi connectivity index (χ2n) is 10.2. The Morgan fingerprint density at radius 2 is 2.08 bits per heavy atom. The Morgan fingerprint density at radius 3 is 2.97 bits per heavy atom. The van der Waals surface area contributed by atoms with E-state index in [4.69, 9.17) is 5.10 Å². The van der Waals surface area contributed by atoms with Gasteiger partial charge in [-0.2, -0.15) is 10.2 Å². The van der Waals surface area contributed by atoms with Gasteiger partial charge in [-0.1, -0.05) is 35.8 Å². The molecule has 1 saturated heterocycles. The van der Waals surface area contributed by atoms with E-state index in [1.54, 1.807) is 29.2 Å². The molecule has 0 aliphatic carbocycles. The van der Waals surface area contributed by atoms with E-state index in [9.17, 15) is 4.79 Å². The Balaban J connectivity index is 1.29. The van der Waals surface area contributed by atoms with Gasteiger partial charge in [0.2, 0.25) is 0 Å². The maximum atomic E-state index is 13.4. The van der Waals surface area contributed by atoms with Crippen LogP contribution in [-0.4, -0.2) is 61.0 Å². The van der Waals surface area contributed by atoms with Crippen molar-refractivity contribution in [3.63, 3.8) is 0 Å². The van der Waals surface area contributed by atoms with Crippen molar-refractivity contribution in [2.75, 3.05) is 25.0 Å². The lowest BCUT2D eigenvalue weighted by Crippen LogP contribution is -2.30. The largest absolute Gasteiger partial charge is 0.306 e. The Kier molecular flexibility index (Phi) is 7.14. The van der Waals surface area contributed by atoms with E-state index in [1.807, 2.05) is 41.4 Å². The highest BCUT2D eigenvalue weighted by atomic mass is 16.1. The first kappa shape index (κ1) is 24.9. The van der Waals surface area contributed by atoms with Crippen molar-refractivity contribution in [1.82, 2.24) is 29.3 Å². The first-order valence-corrected chi connectivity index (χ1v) is 13.5. The number of likely N-dealkylation sites (tertiary alicyclic amines) is 1. The van der Waals surface area contributed by atoms with Crippen LogP contribution >= 0.6 is 0 Å². The first-order chi connectivity index (χ1) is 19.1. The number of rotatable bonds is 6. The van der Waals surface area contributed by atoms with Gasteiger partial charge in [0.1, 0.15) is 11.4 Å². The van der Waals surface area contributed by atoms with E-state index >= 15 is 0 Å². The number of hydrogen-bond acceptors (Lipinski definition) is 6. The van der Waals surface area contributed by atoms with Crippen LogP contribution in [0.5, 0.6) is 0 Å². The molecule has 2 aliphatic heterocycles. The second-order valence-corrected chi connectivity index (χ2v) is 10.2. The van der Waals surface area contributed by atoms with Crippen molar-refractivity contribution in [3.8, 4) is 5.69 Å². The molecule has 9 heteroatoms. The summed E-state index contributed by atoms with van der Waals surface area (Å²) in [5.74, 6) is 0.642. The number of anilines is 1. The molecule has 3 aromatic heterocycles. The third kappa shape index (κ3) is 5.58. The third-order valence-corrected chi connectivity index (χ3v) is 7.34. The average molecular weight is 521 g/mol. The molecule has 9 nitrogen and oxygen atoms in total. The summed E-state index contributed by atoms with van der Waals surface area (Å²) < 4.78 is 3.44. The summed E-state index contributed by atoms with van der Waals surface area (Å²) in [7, 11) is 0. The highest BCUT2D eigenvalue weighted by Crippen LogP contribution is 2.30. The van der Waals surface area contributed by atoms with E-state index in [1.165, 1.54) is 11.1 Å². The predicted octanol–water partition coefficient (Wildman–Crippen LogP) is 4.96. The van der Waals surface area contributed by atoms with E-state index < -0.39 is 0 Å². The number of hydrogen-bond donors (Lipinski definition) is 1. The average Bonchev–Trinajstić information content (AvgIpc) is 3.37. The van der Waals surface area contributed by atoms with Crippen LogP contribution in [0, 0.1) is 6.92 Å². The standard InChI is InChI=1S/C30H32N8O/c1-22-8-10-25(11-9-22)38-28(34-30(39)26-19-33-37-17-5-14-32-29(26)37)18-27(35-38)24-7-2-3-16-36(21-24)20-23-6-4-13-31-15-12-23/h4-6,8-11,13-15,17-19,24H,2-3,7,12,16,20-21H2,1H3,(H,34,39). The van der Waals surface area contributed by atoms with E-state index in [2.05, 4.69) is 50.4 Å². The minimum Gasteiger partial charge on any atom is -0.306 e. The molecule has 1 aromatic carbocycles. The zero-order chi connectivity index (χ0) is 26.6. The van der Waals surface area contributed by atoms with Crippen LogP contribution in [0.2, 0.25) is 0 Å². The van der Waals surface area contributed by atoms with Gasteiger partial charge in [0.25, 0.3) is 5.91 Å². The van der Waals surface area contributed by atoms with E-state index in [-0.39, 0.29) is 11.8 Å². The van der Waals surface area contributed by atoms with Crippen molar-refractivity contribution in [3.05, 3.63) is 95.7 Å². The number of nitrogens with zero attached hydrogens (tertiary/aromatic N) is 7. The lowest BCUT2D eigenvalue weighted by molar-refractivity contribution is 0.102. The molecule has 0 bridgehead atoms. The summed E-state index contributed by atoms with van der Waals surface area (Å²) in [6.45, 7) is 4.98. The fourth-order valence-electron chi connectivity index (χ4n) is 5.28. The van der Waals surface area contributed by atoms with Gasteiger partial charge in [0.05, 0.1) is 17.6 Å². The molecule has 1 N–H and O–H groups in total. The van der Waals surface area contributed by atoms with Crippen LogP contribution in [0.1, 0.15) is 53.2 Å². The van der Waals surface area contributed by atoms with Crippen molar-refractivity contribution in [1.29, 1.82) is 0 Å². The topological polar surface area (TPSA) is 92.7 Å². The number of nitrogens with one attached hydrogen (secondary N) is 1. The zero-order valence-corrected chi connectivity index (χ0v) is 22.1. The predicted molar refractivity (Wildman–Crippen MR) is 153 cm³/mol. The van der Waals surface area contributed by atoms with Gasteiger partial charge in [-0.05, 0) is 50.6 Å². The number of aromatic nitrogens is 5. The molecule has 198 valence electrons. The van der Waals surface area contributed by atoms with Crippen molar-refractivity contribution in [2.45, 2.75) is 38.5 Å². The monoisotopic (exact) mass is 520 g/mol. The van der Waals surface area contributed by atoms with Crippen molar-refractivity contribution in [2.24, 2.45) is 4.99 Å². The molecule has 4 aromatic rings. The highest BCUT2D eigenvalue weighted by molar-refractivity contribution is 6.07. The smallest absolute Gasteiger partial charge is 0.262 e. The SMILES string of the molecule is Cc1ccc(-n2nc(C3CCCCN(CC4=CC=CN=CC4)C3)cc2NC(=O)c2cnn3cccnc23)cc1. The van der Waals surface area contributed by atoms with E-state index in [0.29, 0.717) is 17.0 Å². The third-order valence-electron chi connectivity index (χ3n) is 7.34. The van der Waals surface area contributed by atoms with Gasteiger partial charge in [0, 0.05) is 56.3 Å². The lowest BCUT2D eigenvalue weighted by Gasteiger charge is -2.24. The minimum absolute atomic E-state index is 0.263. The van der Waals surface area contributed by atoms with Crippen LogP contribution in [0.25, 0.3) is 11.3 Å². The number of aryl methyl sites for hydroxylation is 1. The number of aliphatic imine (C=N–C) groups is 1. The normalized spacial score (nSPS) is 18.1. The molecule has 2 aliphatic rings. The fourth-order valence-corrected chi connectivity index (χ4v) is 5.28. The number of carbonyl (C=O) groups is 1. The van der Waals surface area contributed by atoms with Crippen LogP contribution < -0.4 is 5.32 Å². The quantitative estimate of drug-likeness (QED) is 0.388. The van der Waals surface area contributed by atoms with Gasteiger partial charge < -0.3 is 5.32 Å². The number of fused-ring (bicyclic) bond motifs is 1. The molecule has 0 radical (unpaired) electrons. The van der Waals surface area contributed by atoms with Gasteiger partial charge in [-0.15, -0.1) is 0 Å². The van der Waals surface area contributed by atoms with E-state index in [0.717, 1.165) is 56.7 Å². The molecule has 6 rings (SSSR count). The first-order valence-electron chi connectivity index (χ1n) is 13.5. The number of allylic oxidation sites excluding steroid dienone is 2. The second kappa shape index (κ2) is 11.2. The molecule has 1 atom stereocenters. The van der Waals surface area contributed by atoms with Gasteiger partial charge in [-0.25, -0.2) is 14.2 Å². The Hall–Kier alpha value is -4.37. The molecule has 5 heterocycles. The Labute approximate surface area is 227 Å². The molecule has 1 fully saturated rings. The Morgan fingerprint density at radius 1 is 1.18 bits per heavy atom. The number of benzene rings is 1. The summed E-state index contributed by atoms with van der Waals surface area (Å²) in [5, 5.41) is 12.4. The molecule has 0 spiro atoms. The molecule has 39 heavy (non-hydrogen) atoms. The van der Waals surface area contributed by atoms with Crippen LogP contribution in [-0.2, 0) is 0 Å². The van der Waals surface area contributed by atoms with Gasteiger partial charge >= 0.3 is 0 Å². The Bertz CT molecular complexity index is 1560. The van der Waals surface area contributed by atoms with Crippen molar-refractivity contribution < 1.29 is 4.79 Å². The highest BCUT2D eigenvalue weighted by Gasteiger charge is 2.25. The molecule has 1 amide bonds. The van der Waals surface area contributed by atoms with Crippen LogP contribution in [0.15, 0.2) is 83.9 Å². The van der Waals surface area contributed by atoms with Crippen LogP contribution in [0.4, 0.5) is 5.82 Å². The number of carbonyl (C=O) groups excluding carboxylic acids is 1. The van der Waals surface area contributed by atoms with Crippen molar-refractivity contribution >= 4 is 23.6 Å². The molecule has 1 unspecified atom stereocenters. The van der Waals surface area contributed by atoms with Gasteiger partial charge in [-0.3, -0.25) is 14.7 Å². The molecular formula is C30H32N8O. The summed E-state index contributed by atoms with van der Waals surface area (Å²) in [6.07, 6.45) is 17.3. The molecule has 0 saturated carbocycles. The summed E-state index contributed by atoms with van der Waals surface area (Å²) in [4.78, 5) is 24.5. The zero-order valence-electron chi connectivity index (χ0n) is 22.1. The maximum Gasteiger partial charge on any atom is 0.262 e. The molecular weight excluding hydrogens is 488 g/mol. The minimum atomic E-state index is -0.263. The fraction of sp³-hybridized carbons (Fsp3) is 0.300.